The fourth-order valence-corrected chi connectivity index (χ4v) is 4.84. The van der Waals surface area contributed by atoms with Crippen LogP contribution in [-0.2, 0) is 10.8 Å². The van der Waals surface area contributed by atoms with Crippen LogP contribution >= 0.6 is 0 Å². The van der Waals surface area contributed by atoms with Crippen molar-refractivity contribution in [2.45, 2.75) is 30.6 Å². The van der Waals surface area contributed by atoms with Gasteiger partial charge in [0.2, 0.25) is 0 Å². The Labute approximate surface area is 141 Å². The quantitative estimate of drug-likeness (QED) is 0.680. The molecule has 1 aliphatic carbocycles. The minimum Gasteiger partial charge on any atom is -0.355 e. The summed E-state index contributed by atoms with van der Waals surface area (Å²) in [6.45, 7) is 2.96. The normalized spacial score (nSPS) is 26.0. The molecule has 0 aromatic heterocycles. The molecule has 0 radical (unpaired) electrons. The van der Waals surface area contributed by atoms with E-state index < -0.39 is 10.8 Å². The first-order valence-corrected chi connectivity index (χ1v) is 9.99. The predicted molar refractivity (Wildman–Crippen MR) is 96.1 cm³/mol. The van der Waals surface area contributed by atoms with Gasteiger partial charge in [0, 0.05) is 37.3 Å². The maximum Gasteiger partial charge on any atom is 0.193 e. The van der Waals surface area contributed by atoms with Gasteiger partial charge in [0.1, 0.15) is 0 Å². The van der Waals surface area contributed by atoms with Crippen molar-refractivity contribution in [2.75, 3.05) is 32.4 Å². The van der Waals surface area contributed by atoms with Crippen molar-refractivity contribution in [3.63, 3.8) is 0 Å². The minimum absolute atomic E-state index is 0.615. The lowest BCUT2D eigenvalue weighted by Gasteiger charge is -2.22. The number of rotatable bonds is 4. The second kappa shape index (κ2) is 7.95. The van der Waals surface area contributed by atoms with Crippen LogP contribution in [0.1, 0.15) is 25.7 Å². The van der Waals surface area contributed by atoms with Crippen LogP contribution in [0.5, 0.6) is 0 Å². The second-order valence-corrected chi connectivity index (χ2v) is 8.12. The Balaban J connectivity index is 1.48. The summed E-state index contributed by atoms with van der Waals surface area (Å²) < 4.78 is 12.3. The van der Waals surface area contributed by atoms with Gasteiger partial charge in [-0.2, -0.15) is 0 Å². The SMILES string of the molecule is CN=C(NCCS(=O)c1ccccc1)N1CC2CCCCC2C1. The van der Waals surface area contributed by atoms with Crippen LogP contribution in [0.25, 0.3) is 0 Å². The highest BCUT2D eigenvalue weighted by Gasteiger charge is 2.35. The van der Waals surface area contributed by atoms with Crippen molar-refractivity contribution in [2.24, 2.45) is 16.8 Å². The zero-order valence-electron chi connectivity index (χ0n) is 13.9. The van der Waals surface area contributed by atoms with Gasteiger partial charge in [-0.3, -0.25) is 9.20 Å². The Morgan fingerprint density at radius 1 is 1.22 bits per heavy atom. The van der Waals surface area contributed by atoms with Gasteiger partial charge in [0.05, 0.1) is 10.8 Å². The molecule has 2 aliphatic rings. The fraction of sp³-hybridized carbons (Fsp3) is 0.611. The Morgan fingerprint density at radius 2 is 1.87 bits per heavy atom. The Hall–Kier alpha value is -1.36. The number of hydrogen-bond donors (Lipinski definition) is 1. The number of aliphatic imine (C=N–C) groups is 1. The van der Waals surface area contributed by atoms with E-state index in [0.29, 0.717) is 12.3 Å². The molecule has 5 heteroatoms. The number of likely N-dealkylation sites (tertiary alicyclic amines) is 1. The van der Waals surface area contributed by atoms with Crippen LogP contribution < -0.4 is 5.32 Å². The zero-order valence-corrected chi connectivity index (χ0v) is 14.7. The van der Waals surface area contributed by atoms with E-state index in [4.69, 9.17) is 0 Å². The van der Waals surface area contributed by atoms with Crippen LogP contribution in [0.2, 0.25) is 0 Å². The molecule has 1 aromatic carbocycles. The maximum atomic E-state index is 12.3. The summed E-state index contributed by atoms with van der Waals surface area (Å²) in [5.41, 5.74) is 0. The third-order valence-corrected chi connectivity index (χ3v) is 6.44. The van der Waals surface area contributed by atoms with E-state index >= 15 is 0 Å². The lowest BCUT2D eigenvalue weighted by atomic mass is 9.82. The molecule has 0 bridgehead atoms. The van der Waals surface area contributed by atoms with Gasteiger partial charge < -0.3 is 10.2 Å². The topological polar surface area (TPSA) is 44.7 Å². The molecule has 126 valence electrons. The predicted octanol–water partition coefficient (Wildman–Crippen LogP) is 2.49. The van der Waals surface area contributed by atoms with Gasteiger partial charge in [-0.15, -0.1) is 0 Å². The largest absolute Gasteiger partial charge is 0.355 e. The molecule has 2 fully saturated rings. The minimum atomic E-state index is -0.947. The Morgan fingerprint density at radius 3 is 2.48 bits per heavy atom. The highest BCUT2D eigenvalue weighted by Crippen LogP contribution is 2.35. The zero-order chi connectivity index (χ0) is 16.1. The number of nitrogens with zero attached hydrogens (tertiary/aromatic N) is 2. The third-order valence-electron chi connectivity index (χ3n) is 5.06. The van der Waals surface area contributed by atoms with Crippen LogP contribution in [-0.4, -0.2) is 47.5 Å². The first-order chi connectivity index (χ1) is 11.3. The van der Waals surface area contributed by atoms with Crippen molar-refractivity contribution >= 4 is 16.8 Å². The van der Waals surface area contributed by atoms with E-state index in [2.05, 4.69) is 15.2 Å². The van der Waals surface area contributed by atoms with E-state index in [0.717, 1.165) is 35.8 Å². The van der Waals surface area contributed by atoms with Crippen molar-refractivity contribution in [1.82, 2.24) is 10.2 Å². The molecule has 0 amide bonds. The molecule has 1 heterocycles. The maximum absolute atomic E-state index is 12.3. The smallest absolute Gasteiger partial charge is 0.193 e. The van der Waals surface area contributed by atoms with Gasteiger partial charge in [0.15, 0.2) is 5.96 Å². The van der Waals surface area contributed by atoms with Crippen molar-refractivity contribution < 1.29 is 4.21 Å². The lowest BCUT2D eigenvalue weighted by molar-refractivity contribution is 0.299. The highest BCUT2D eigenvalue weighted by molar-refractivity contribution is 7.85. The van der Waals surface area contributed by atoms with E-state index in [9.17, 15) is 4.21 Å². The summed E-state index contributed by atoms with van der Waals surface area (Å²) in [6.07, 6.45) is 5.51. The molecule has 3 unspecified atom stereocenters. The summed E-state index contributed by atoms with van der Waals surface area (Å²) in [6, 6.07) is 9.68. The lowest BCUT2D eigenvalue weighted by Crippen LogP contribution is -2.41. The van der Waals surface area contributed by atoms with Gasteiger partial charge in [0.25, 0.3) is 0 Å². The molecule has 23 heavy (non-hydrogen) atoms. The van der Waals surface area contributed by atoms with E-state index in [1.165, 1.54) is 25.7 Å². The van der Waals surface area contributed by atoms with Gasteiger partial charge in [-0.05, 0) is 36.8 Å². The fourth-order valence-electron chi connectivity index (χ4n) is 3.86. The molecule has 1 saturated carbocycles. The molecular weight excluding hydrogens is 306 g/mol. The molecule has 1 aromatic rings. The third kappa shape index (κ3) is 4.14. The standard InChI is InChI=1S/C18H27N3OS/c1-19-18(21-13-15-7-5-6-8-16(15)14-21)20-11-12-23(22)17-9-3-2-4-10-17/h2-4,9-10,15-16H,5-8,11-14H2,1H3,(H,19,20). The highest BCUT2D eigenvalue weighted by atomic mass is 32.2. The molecule has 1 N–H and O–H groups in total. The number of guanidine groups is 1. The van der Waals surface area contributed by atoms with Crippen molar-refractivity contribution in [3.8, 4) is 0 Å². The van der Waals surface area contributed by atoms with Gasteiger partial charge >= 0.3 is 0 Å². The monoisotopic (exact) mass is 333 g/mol. The van der Waals surface area contributed by atoms with Gasteiger partial charge in [-0.1, -0.05) is 31.0 Å². The average molecular weight is 334 g/mol. The summed E-state index contributed by atoms with van der Waals surface area (Å²) >= 11 is 0. The van der Waals surface area contributed by atoms with Crippen LogP contribution in [0.3, 0.4) is 0 Å². The second-order valence-electron chi connectivity index (χ2n) is 6.55. The van der Waals surface area contributed by atoms with Crippen LogP contribution in [0, 0.1) is 11.8 Å². The number of nitrogens with one attached hydrogen (secondary N) is 1. The van der Waals surface area contributed by atoms with Crippen LogP contribution in [0.4, 0.5) is 0 Å². The first-order valence-electron chi connectivity index (χ1n) is 8.67. The van der Waals surface area contributed by atoms with E-state index in [1.807, 2.05) is 37.4 Å². The number of benzene rings is 1. The summed E-state index contributed by atoms with van der Waals surface area (Å²) in [7, 11) is 0.899. The summed E-state index contributed by atoms with van der Waals surface area (Å²) in [4.78, 5) is 7.72. The summed E-state index contributed by atoms with van der Waals surface area (Å²) in [5, 5.41) is 3.40. The van der Waals surface area contributed by atoms with Gasteiger partial charge in [-0.25, -0.2) is 0 Å². The molecule has 0 spiro atoms. The van der Waals surface area contributed by atoms with Crippen LogP contribution in [0.15, 0.2) is 40.2 Å². The van der Waals surface area contributed by atoms with E-state index in [-0.39, 0.29) is 0 Å². The molecular formula is C18H27N3OS. The number of fused-ring (bicyclic) bond motifs is 1. The van der Waals surface area contributed by atoms with Crippen molar-refractivity contribution in [1.29, 1.82) is 0 Å². The summed E-state index contributed by atoms with van der Waals surface area (Å²) in [5.74, 6) is 3.29. The molecule has 3 rings (SSSR count). The molecule has 1 saturated heterocycles. The molecule has 4 nitrogen and oxygen atoms in total. The first kappa shape index (κ1) is 16.5. The van der Waals surface area contributed by atoms with Crippen molar-refractivity contribution in [3.05, 3.63) is 30.3 Å². The average Bonchev–Trinajstić information content (AvgIpc) is 3.03. The Kier molecular flexibility index (Phi) is 5.70. The number of hydrogen-bond acceptors (Lipinski definition) is 2. The Bertz CT molecular complexity index is 547. The molecule has 3 atom stereocenters. The molecule has 1 aliphatic heterocycles. The van der Waals surface area contributed by atoms with E-state index in [1.54, 1.807) is 0 Å².